The molecule has 2 atom stereocenters. The van der Waals surface area contributed by atoms with Crippen LogP contribution in [0.5, 0.6) is 0 Å². The molecule has 70 valence electrons. The van der Waals surface area contributed by atoms with Gasteiger partial charge in [0.25, 0.3) is 0 Å². The van der Waals surface area contributed by atoms with Gasteiger partial charge in [-0.15, -0.1) is 0 Å². The molecular formula is C8H16N2O2. The average molecular weight is 172 g/mol. The minimum atomic E-state index is -0.752. The third-order valence-corrected chi connectivity index (χ3v) is 2.50. The Morgan fingerprint density at radius 2 is 2.08 bits per heavy atom. The highest BCUT2D eigenvalue weighted by atomic mass is 16.4. The standard InChI is InChI=1S/C8H16N2O2/c1-10-4-2-6(8(11)12)7(9)3-5-10/h6-7H,2-5,9H2,1H3,(H,11,12)/t6-,7+/m0/s1. The summed E-state index contributed by atoms with van der Waals surface area (Å²) in [4.78, 5) is 12.9. The molecule has 1 heterocycles. The summed E-state index contributed by atoms with van der Waals surface area (Å²) in [5.41, 5.74) is 5.73. The molecule has 4 heteroatoms. The maximum absolute atomic E-state index is 10.7. The maximum atomic E-state index is 10.7. The number of aliphatic carboxylic acids is 1. The molecule has 0 aromatic carbocycles. The number of carboxylic acid groups (broad SMARTS) is 1. The number of rotatable bonds is 1. The molecule has 3 N–H and O–H groups in total. The number of hydrogen-bond acceptors (Lipinski definition) is 3. The normalized spacial score (nSPS) is 32.8. The van der Waals surface area contributed by atoms with Crippen molar-refractivity contribution in [3.63, 3.8) is 0 Å². The van der Waals surface area contributed by atoms with Crippen molar-refractivity contribution in [2.75, 3.05) is 20.1 Å². The molecule has 0 bridgehead atoms. The van der Waals surface area contributed by atoms with E-state index in [4.69, 9.17) is 10.8 Å². The second-order valence-corrected chi connectivity index (χ2v) is 3.49. The summed E-state index contributed by atoms with van der Waals surface area (Å²) >= 11 is 0. The molecule has 0 radical (unpaired) electrons. The Morgan fingerprint density at radius 1 is 1.50 bits per heavy atom. The fourth-order valence-electron chi connectivity index (χ4n) is 1.56. The molecule has 1 aliphatic heterocycles. The molecule has 12 heavy (non-hydrogen) atoms. The summed E-state index contributed by atoms with van der Waals surface area (Å²) in [6.45, 7) is 1.75. The number of carbonyl (C=O) groups is 1. The lowest BCUT2D eigenvalue weighted by Crippen LogP contribution is -2.35. The molecular weight excluding hydrogens is 156 g/mol. The third kappa shape index (κ3) is 2.19. The number of nitrogens with zero attached hydrogens (tertiary/aromatic N) is 1. The van der Waals surface area contributed by atoms with Gasteiger partial charge in [0.2, 0.25) is 0 Å². The molecule has 0 amide bonds. The van der Waals surface area contributed by atoms with Crippen LogP contribution in [0.2, 0.25) is 0 Å². The molecule has 1 fully saturated rings. The first-order chi connectivity index (χ1) is 5.61. The van der Waals surface area contributed by atoms with Gasteiger partial charge in [-0.25, -0.2) is 0 Å². The number of carboxylic acids is 1. The monoisotopic (exact) mass is 172 g/mol. The lowest BCUT2D eigenvalue weighted by molar-refractivity contribution is -0.142. The van der Waals surface area contributed by atoms with E-state index in [1.807, 2.05) is 7.05 Å². The Morgan fingerprint density at radius 3 is 2.67 bits per heavy atom. The van der Waals surface area contributed by atoms with Gasteiger partial charge in [0.1, 0.15) is 0 Å². The smallest absolute Gasteiger partial charge is 0.308 e. The van der Waals surface area contributed by atoms with Crippen molar-refractivity contribution in [2.24, 2.45) is 11.7 Å². The van der Waals surface area contributed by atoms with Crippen LogP contribution < -0.4 is 5.73 Å². The van der Waals surface area contributed by atoms with Gasteiger partial charge in [-0.2, -0.15) is 0 Å². The fraction of sp³-hybridized carbons (Fsp3) is 0.875. The lowest BCUT2D eigenvalue weighted by atomic mass is 9.96. The highest BCUT2D eigenvalue weighted by Gasteiger charge is 2.27. The van der Waals surface area contributed by atoms with Crippen LogP contribution >= 0.6 is 0 Å². The van der Waals surface area contributed by atoms with Crippen molar-refractivity contribution in [3.05, 3.63) is 0 Å². The van der Waals surface area contributed by atoms with Crippen LogP contribution in [0.15, 0.2) is 0 Å². The van der Waals surface area contributed by atoms with Gasteiger partial charge in [-0.05, 0) is 33.0 Å². The summed E-state index contributed by atoms with van der Waals surface area (Å²) in [7, 11) is 2.00. The molecule has 0 unspecified atom stereocenters. The summed E-state index contributed by atoms with van der Waals surface area (Å²) in [6.07, 6.45) is 1.46. The molecule has 1 saturated heterocycles. The highest BCUT2D eigenvalue weighted by Crippen LogP contribution is 2.15. The lowest BCUT2D eigenvalue weighted by Gasteiger charge is -2.15. The summed E-state index contributed by atoms with van der Waals surface area (Å²) in [5, 5.41) is 8.82. The average Bonchev–Trinajstić information content (AvgIpc) is 2.14. The van der Waals surface area contributed by atoms with Crippen molar-refractivity contribution in [1.29, 1.82) is 0 Å². The van der Waals surface area contributed by atoms with Gasteiger partial charge >= 0.3 is 5.97 Å². The second kappa shape index (κ2) is 3.87. The van der Waals surface area contributed by atoms with Crippen LogP contribution in [0, 0.1) is 5.92 Å². The van der Waals surface area contributed by atoms with E-state index >= 15 is 0 Å². The van der Waals surface area contributed by atoms with Gasteiger partial charge < -0.3 is 15.7 Å². The third-order valence-electron chi connectivity index (χ3n) is 2.50. The van der Waals surface area contributed by atoms with E-state index in [-0.39, 0.29) is 12.0 Å². The topological polar surface area (TPSA) is 66.6 Å². The van der Waals surface area contributed by atoms with Crippen molar-refractivity contribution in [2.45, 2.75) is 18.9 Å². The molecule has 0 aliphatic carbocycles. The van der Waals surface area contributed by atoms with Crippen LogP contribution in [0.25, 0.3) is 0 Å². The van der Waals surface area contributed by atoms with E-state index in [1.54, 1.807) is 0 Å². The Hall–Kier alpha value is -0.610. The second-order valence-electron chi connectivity index (χ2n) is 3.49. The molecule has 0 aromatic rings. The van der Waals surface area contributed by atoms with E-state index < -0.39 is 5.97 Å². The zero-order chi connectivity index (χ0) is 9.14. The van der Waals surface area contributed by atoms with E-state index in [2.05, 4.69) is 4.90 Å². The van der Waals surface area contributed by atoms with Gasteiger partial charge in [0.05, 0.1) is 5.92 Å². The molecule has 1 rings (SSSR count). The largest absolute Gasteiger partial charge is 0.481 e. The Labute approximate surface area is 72.3 Å². The van der Waals surface area contributed by atoms with E-state index in [1.165, 1.54) is 0 Å². The molecule has 0 aromatic heterocycles. The van der Waals surface area contributed by atoms with Gasteiger partial charge in [0, 0.05) is 6.04 Å². The zero-order valence-electron chi connectivity index (χ0n) is 7.36. The van der Waals surface area contributed by atoms with Crippen molar-refractivity contribution < 1.29 is 9.90 Å². The van der Waals surface area contributed by atoms with Crippen molar-refractivity contribution in [3.8, 4) is 0 Å². The first kappa shape index (κ1) is 9.48. The minimum absolute atomic E-state index is 0.174. The Kier molecular flexibility index (Phi) is 3.05. The predicted octanol–water partition coefficient (Wildman–Crippen LogP) is -0.260. The highest BCUT2D eigenvalue weighted by molar-refractivity contribution is 5.70. The quantitative estimate of drug-likeness (QED) is 0.572. The first-order valence-electron chi connectivity index (χ1n) is 4.28. The molecule has 0 saturated carbocycles. The van der Waals surface area contributed by atoms with E-state index in [0.717, 1.165) is 19.5 Å². The molecule has 0 spiro atoms. The number of likely N-dealkylation sites (tertiary alicyclic amines) is 1. The van der Waals surface area contributed by atoms with Gasteiger partial charge in [0.15, 0.2) is 0 Å². The van der Waals surface area contributed by atoms with Crippen molar-refractivity contribution >= 4 is 5.97 Å². The minimum Gasteiger partial charge on any atom is -0.481 e. The first-order valence-corrected chi connectivity index (χ1v) is 4.28. The van der Waals surface area contributed by atoms with Crippen molar-refractivity contribution in [1.82, 2.24) is 4.90 Å². The van der Waals surface area contributed by atoms with Gasteiger partial charge in [-0.1, -0.05) is 0 Å². The number of nitrogens with two attached hydrogens (primary N) is 1. The van der Waals surface area contributed by atoms with E-state index in [0.29, 0.717) is 6.42 Å². The van der Waals surface area contributed by atoms with Crippen LogP contribution in [-0.2, 0) is 4.79 Å². The maximum Gasteiger partial charge on any atom is 0.308 e. The molecule has 4 nitrogen and oxygen atoms in total. The van der Waals surface area contributed by atoms with Gasteiger partial charge in [-0.3, -0.25) is 4.79 Å². The van der Waals surface area contributed by atoms with Crippen LogP contribution in [0.1, 0.15) is 12.8 Å². The van der Waals surface area contributed by atoms with E-state index in [9.17, 15) is 4.79 Å². The SMILES string of the molecule is CN1CC[C@@H](N)[C@@H](C(=O)O)CC1. The van der Waals surface area contributed by atoms with Crippen LogP contribution in [-0.4, -0.2) is 42.2 Å². The fourth-order valence-corrected chi connectivity index (χ4v) is 1.56. The zero-order valence-corrected chi connectivity index (χ0v) is 7.36. The summed E-state index contributed by atoms with van der Waals surface area (Å²) in [6, 6.07) is -0.174. The molecule has 1 aliphatic rings. The number of hydrogen-bond donors (Lipinski definition) is 2. The predicted molar refractivity (Wildman–Crippen MR) is 45.8 cm³/mol. The summed E-state index contributed by atoms with van der Waals surface area (Å²) in [5.74, 6) is -1.10. The Bertz CT molecular complexity index is 172. The summed E-state index contributed by atoms with van der Waals surface area (Å²) < 4.78 is 0. The van der Waals surface area contributed by atoms with Crippen LogP contribution in [0.3, 0.4) is 0 Å². The Balaban J connectivity index is 2.56. The van der Waals surface area contributed by atoms with Crippen LogP contribution in [0.4, 0.5) is 0 Å².